The van der Waals surface area contributed by atoms with Crippen LogP contribution in [-0.4, -0.2) is 87.1 Å². The van der Waals surface area contributed by atoms with Crippen LogP contribution in [-0.2, 0) is 32.2 Å². The Morgan fingerprint density at radius 1 is 0.921 bits per heavy atom. The van der Waals surface area contributed by atoms with Gasteiger partial charge in [-0.15, -0.1) is 0 Å². The first-order chi connectivity index (χ1) is 30.3. The Balaban J connectivity index is 1.04. The van der Waals surface area contributed by atoms with Crippen LogP contribution in [0.15, 0.2) is 79.0 Å². The topological polar surface area (TPSA) is 184 Å². The third-order valence-corrected chi connectivity index (χ3v) is 11.9. The van der Waals surface area contributed by atoms with Crippen molar-refractivity contribution in [2.45, 2.75) is 72.3 Å². The second kappa shape index (κ2) is 17.8. The summed E-state index contributed by atoms with van der Waals surface area (Å²) in [4.78, 5) is 72.7. The molecule has 4 aromatic carbocycles. The van der Waals surface area contributed by atoms with E-state index >= 15 is 0 Å². The third kappa shape index (κ3) is 8.77. The molecule has 0 spiro atoms. The maximum absolute atomic E-state index is 14.2. The number of aromatic nitrogens is 4. The van der Waals surface area contributed by atoms with E-state index < -0.39 is 24.3 Å². The maximum Gasteiger partial charge on any atom is 0.407 e. The molecular formula is C48H54N8O7. The SMILES string of the molecule is COC(=O)N[C@H](C(=O)N1C[C@@H](C)C[C@H]1c1ncc(-c2ccc3c(c2)COc2cc4c(ccc5[nH]c(CN(CC(C)C)C(=O)[C@H](NC(=O)OC)c6ccccc6)nc54)cc2-3)[nH]1)C(C)C. The average Bonchev–Trinajstić information content (AvgIpc) is 4.04. The van der Waals surface area contributed by atoms with E-state index in [1.165, 1.54) is 14.2 Å². The minimum Gasteiger partial charge on any atom is -0.488 e. The molecule has 4 N–H and O–H groups in total. The number of methoxy groups -OCH3 is 2. The molecular weight excluding hydrogens is 801 g/mol. The summed E-state index contributed by atoms with van der Waals surface area (Å²) in [6.07, 6.45) is 1.23. The van der Waals surface area contributed by atoms with E-state index in [1.54, 1.807) is 4.90 Å². The quantitative estimate of drug-likeness (QED) is 0.0947. The summed E-state index contributed by atoms with van der Waals surface area (Å²) in [6, 6.07) is 21.8. The molecule has 4 amide bonds. The van der Waals surface area contributed by atoms with Crippen LogP contribution in [0.2, 0.25) is 0 Å². The molecule has 328 valence electrons. The number of likely N-dealkylation sites (tertiary alicyclic amines) is 1. The number of carbonyl (C=O) groups is 4. The smallest absolute Gasteiger partial charge is 0.407 e. The number of benzene rings is 4. The fourth-order valence-electron chi connectivity index (χ4n) is 8.81. The Bertz CT molecular complexity index is 2670. The van der Waals surface area contributed by atoms with Gasteiger partial charge in [-0.25, -0.2) is 19.6 Å². The van der Waals surface area contributed by atoms with Gasteiger partial charge in [0, 0.05) is 24.0 Å². The first-order valence-corrected chi connectivity index (χ1v) is 21.4. The molecule has 2 aliphatic heterocycles. The van der Waals surface area contributed by atoms with Crippen molar-refractivity contribution in [1.82, 2.24) is 40.4 Å². The highest BCUT2D eigenvalue weighted by atomic mass is 16.5. The van der Waals surface area contributed by atoms with Gasteiger partial charge in [0.2, 0.25) is 11.8 Å². The number of hydrogen-bond donors (Lipinski definition) is 4. The molecule has 0 saturated carbocycles. The highest BCUT2D eigenvalue weighted by molar-refractivity contribution is 6.07. The summed E-state index contributed by atoms with van der Waals surface area (Å²) in [5, 5.41) is 7.35. The minimum atomic E-state index is -0.937. The maximum atomic E-state index is 14.2. The van der Waals surface area contributed by atoms with Gasteiger partial charge in [-0.2, -0.15) is 0 Å². The number of amides is 4. The Hall–Kier alpha value is -6.90. The number of nitrogens with zero attached hydrogens (tertiary/aromatic N) is 4. The molecule has 6 aromatic rings. The van der Waals surface area contributed by atoms with Crippen LogP contribution >= 0.6 is 0 Å². The molecule has 8 rings (SSSR count). The lowest BCUT2D eigenvalue weighted by molar-refractivity contribution is -0.136. The van der Waals surface area contributed by atoms with Crippen LogP contribution in [0.5, 0.6) is 5.75 Å². The fourth-order valence-corrected chi connectivity index (χ4v) is 8.81. The van der Waals surface area contributed by atoms with Crippen molar-refractivity contribution >= 4 is 45.8 Å². The lowest BCUT2D eigenvalue weighted by Crippen LogP contribution is -2.51. The third-order valence-electron chi connectivity index (χ3n) is 11.9. The molecule has 1 saturated heterocycles. The predicted octanol–water partition coefficient (Wildman–Crippen LogP) is 8.04. The molecule has 0 aliphatic carbocycles. The van der Waals surface area contributed by atoms with Crippen molar-refractivity contribution in [3.05, 3.63) is 102 Å². The van der Waals surface area contributed by atoms with Gasteiger partial charge in [0.25, 0.3) is 0 Å². The number of alkyl carbamates (subject to hydrolysis) is 2. The molecule has 4 heterocycles. The van der Waals surface area contributed by atoms with Gasteiger partial charge in [0.1, 0.15) is 36.1 Å². The summed E-state index contributed by atoms with van der Waals surface area (Å²) in [7, 11) is 2.57. The number of fused-ring (bicyclic) bond motifs is 6. The van der Waals surface area contributed by atoms with E-state index in [2.05, 4.69) is 57.9 Å². The van der Waals surface area contributed by atoms with Crippen LogP contribution < -0.4 is 15.4 Å². The molecule has 1 fully saturated rings. The normalized spacial score (nSPS) is 16.6. The zero-order valence-corrected chi connectivity index (χ0v) is 36.7. The predicted molar refractivity (Wildman–Crippen MR) is 238 cm³/mol. The largest absolute Gasteiger partial charge is 0.488 e. The van der Waals surface area contributed by atoms with Crippen molar-refractivity contribution < 1.29 is 33.4 Å². The van der Waals surface area contributed by atoms with Gasteiger partial charge in [-0.1, -0.05) is 83.1 Å². The molecule has 15 heteroatoms. The monoisotopic (exact) mass is 854 g/mol. The van der Waals surface area contributed by atoms with E-state index in [4.69, 9.17) is 24.2 Å². The van der Waals surface area contributed by atoms with Gasteiger partial charge in [-0.05, 0) is 76.1 Å². The molecule has 0 unspecified atom stereocenters. The number of aromatic amines is 2. The summed E-state index contributed by atoms with van der Waals surface area (Å²) in [5.41, 5.74) is 7.11. The Kier molecular flexibility index (Phi) is 12.1. The van der Waals surface area contributed by atoms with E-state index in [9.17, 15) is 19.2 Å². The van der Waals surface area contributed by atoms with Crippen LogP contribution in [0.4, 0.5) is 9.59 Å². The van der Waals surface area contributed by atoms with Crippen LogP contribution in [0.1, 0.15) is 75.9 Å². The summed E-state index contributed by atoms with van der Waals surface area (Å²) >= 11 is 0. The number of H-pyrrole nitrogens is 2. The zero-order chi connectivity index (χ0) is 44.5. The van der Waals surface area contributed by atoms with Crippen molar-refractivity contribution in [3.63, 3.8) is 0 Å². The van der Waals surface area contributed by atoms with Gasteiger partial charge in [0.15, 0.2) is 0 Å². The van der Waals surface area contributed by atoms with Gasteiger partial charge < -0.3 is 44.6 Å². The van der Waals surface area contributed by atoms with E-state index in [1.807, 2.05) is 81.3 Å². The summed E-state index contributed by atoms with van der Waals surface area (Å²) < 4.78 is 16.1. The number of imidazole rings is 2. The lowest BCUT2D eigenvalue weighted by Gasteiger charge is -2.30. The highest BCUT2D eigenvalue weighted by Crippen LogP contribution is 2.43. The van der Waals surface area contributed by atoms with Crippen LogP contribution in [0.25, 0.3) is 44.2 Å². The minimum absolute atomic E-state index is 0.131. The lowest BCUT2D eigenvalue weighted by atomic mass is 9.92. The Morgan fingerprint density at radius 2 is 1.68 bits per heavy atom. The van der Waals surface area contributed by atoms with Gasteiger partial charge >= 0.3 is 12.2 Å². The van der Waals surface area contributed by atoms with Crippen molar-refractivity contribution in [2.75, 3.05) is 27.3 Å². The second-order valence-corrected chi connectivity index (χ2v) is 17.4. The second-order valence-electron chi connectivity index (χ2n) is 17.4. The molecule has 15 nitrogen and oxygen atoms in total. The standard InChI is InChI=1S/C48H54N8O7/c1-26(2)22-55(45(57)42(54-48(60)62-7)29-11-9-8-10-12-29)24-40-50-36-16-14-30-19-35-33-15-13-31(18-32(33)25-63-39(35)20-34(30)43(36)52-40)37-21-49-44(51-37)38-17-28(5)23-56(38)46(58)41(27(3)4)53-47(59)61-6/h8-16,18-21,26-28,38,41-42H,17,22-25H2,1-7H3,(H,49,51)(H,50,52)(H,53,59)(H,54,60)/t28-,38-,41-,42+/m0/s1. The molecule has 63 heavy (non-hydrogen) atoms. The summed E-state index contributed by atoms with van der Waals surface area (Å²) in [5.74, 6) is 1.93. The fraction of sp³-hybridized carbons (Fsp3) is 0.375. The molecule has 4 atom stereocenters. The van der Waals surface area contributed by atoms with Gasteiger partial charge in [-0.3, -0.25) is 9.59 Å². The van der Waals surface area contributed by atoms with E-state index in [-0.39, 0.29) is 42.2 Å². The highest BCUT2D eigenvalue weighted by Gasteiger charge is 2.40. The molecule has 0 radical (unpaired) electrons. The molecule has 0 bridgehead atoms. The number of carbonyl (C=O) groups excluding carboxylic acids is 4. The van der Waals surface area contributed by atoms with Crippen molar-refractivity contribution in [2.24, 2.45) is 17.8 Å². The summed E-state index contributed by atoms with van der Waals surface area (Å²) in [6.45, 7) is 11.6. The van der Waals surface area contributed by atoms with Crippen LogP contribution in [0.3, 0.4) is 0 Å². The number of nitrogens with one attached hydrogen (secondary N) is 4. The average molecular weight is 855 g/mol. The number of ether oxygens (including phenoxy) is 3. The van der Waals surface area contributed by atoms with Crippen molar-refractivity contribution in [3.8, 4) is 28.1 Å². The first kappa shape index (κ1) is 42.8. The first-order valence-electron chi connectivity index (χ1n) is 21.4. The van der Waals surface area contributed by atoms with E-state index in [0.29, 0.717) is 36.9 Å². The number of hydrogen-bond acceptors (Lipinski definition) is 9. The Morgan fingerprint density at radius 3 is 2.41 bits per heavy atom. The van der Waals surface area contributed by atoms with E-state index in [0.717, 1.165) is 61.9 Å². The van der Waals surface area contributed by atoms with Gasteiger partial charge in [0.05, 0.1) is 49.7 Å². The zero-order valence-electron chi connectivity index (χ0n) is 36.7. The molecule has 2 aliphatic rings. The Labute approximate surface area is 365 Å². The number of rotatable bonds is 12. The van der Waals surface area contributed by atoms with Crippen molar-refractivity contribution in [1.29, 1.82) is 0 Å². The molecule has 2 aromatic heterocycles. The van der Waals surface area contributed by atoms with Crippen LogP contribution in [0, 0.1) is 17.8 Å².